The van der Waals surface area contributed by atoms with Crippen molar-refractivity contribution in [1.29, 1.82) is 0 Å². The van der Waals surface area contributed by atoms with E-state index in [1.807, 2.05) is 24.3 Å². The van der Waals surface area contributed by atoms with Gasteiger partial charge in [0.05, 0.1) is 7.05 Å². The summed E-state index contributed by atoms with van der Waals surface area (Å²) in [7, 11) is 1.57. The van der Waals surface area contributed by atoms with Gasteiger partial charge in [0.2, 0.25) is 5.82 Å². The zero-order valence-corrected chi connectivity index (χ0v) is 17.1. The number of amides is 1. The van der Waals surface area contributed by atoms with Crippen LogP contribution in [-0.4, -0.2) is 36.6 Å². The molecule has 0 fully saturated rings. The fourth-order valence-electron chi connectivity index (χ4n) is 2.93. The lowest BCUT2D eigenvalue weighted by Crippen LogP contribution is -2.48. The number of hydrogen-bond acceptors (Lipinski definition) is 6. The molecule has 1 N–H and O–H groups in total. The van der Waals surface area contributed by atoms with E-state index in [4.69, 9.17) is 9.47 Å². The summed E-state index contributed by atoms with van der Waals surface area (Å²) in [5.41, 5.74) is 1.29. The second-order valence-electron chi connectivity index (χ2n) is 7.56. The van der Waals surface area contributed by atoms with Crippen LogP contribution in [0.25, 0.3) is 5.69 Å². The number of carbonyl (C=O) groups is 2. The number of aldehydes is 1. The summed E-state index contributed by atoms with van der Waals surface area (Å²) in [6, 6.07) is 7.59. The van der Waals surface area contributed by atoms with Crippen molar-refractivity contribution < 1.29 is 23.6 Å². The molecule has 1 aromatic carbocycles. The smallest absolute Gasteiger partial charge is 0.462 e. The number of benzene rings is 1. The van der Waals surface area contributed by atoms with E-state index in [0.29, 0.717) is 31.1 Å². The number of hydrogen-bond donors (Lipinski definition) is 1. The molecule has 3 rings (SSSR count). The number of nitrogens with zero attached hydrogens (tertiary/aromatic N) is 3. The zero-order chi connectivity index (χ0) is 21.2. The summed E-state index contributed by atoms with van der Waals surface area (Å²) < 4.78 is 13.1. The summed E-state index contributed by atoms with van der Waals surface area (Å²) in [5.74, 6) is 0.875. The van der Waals surface area contributed by atoms with E-state index in [1.54, 1.807) is 38.5 Å². The van der Waals surface area contributed by atoms with Gasteiger partial charge in [0.1, 0.15) is 17.9 Å². The third-order valence-electron chi connectivity index (χ3n) is 4.20. The van der Waals surface area contributed by atoms with E-state index in [9.17, 15) is 9.59 Å². The molecule has 29 heavy (non-hydrogen) atoms. The maximum absolute atomic E-state index is 12.7. The normalized spacial score (nSPS) is 12.1. The first-order chi connectivity index (χ1) is 13.8. The Balaban J connectivity index is 2.22. The third kappa shape index (κ3) is 4.06. The van der Waals surface area contributed by atoms with Crippen molar-refractivity contribution in [2.75, 3.05) is 23.8 Å². The highest BCUT2D eigenvalue weighted by atomic mass is 16.6. The van der Waals surface area contributed by atoms with E-state index in [2.05, 4.69) is 16.9 Å². The zero-order valence-electron chi connectivity index (χ0n) is 17.1. The molecule has 0 spiro atoms. The average Bonchev–Trinajstić information content (AvgIpc) is 2.69. The summed E-state index contributed by atoms with van der Waals surface area (Å²) in [5, 5.41) is 3.04. The van der Waals surface area contributed by atoms with E-state index in [0.717, 1.165) is 11.3 Å². The van der Waals surface area contributed by atoms with Gasteiger partial charge >= 0.3 is 12.0 Å². The molecule has 0 aliphatic carbocycles. The van der Waals surface area contributed by atoms with Gasteiger partial charge in [0, 0.05) is 12.1 Å². The number of fused-ring (bicyclic) bond motifs is 3. The highest BCUT2D eigenvalue weighted by Gasteiger charge is 2.37. The van der Waals surface area contributed by atoms with Gasteiger partial charge in [-0.2, -0.15) is 9.47 Å². The molecule has 1 aliphatic heterocycles. The average molecular weight is 397 g/mol. The summed E-state index contributed by atoms with van der Waals surface area (Å²) >= 11 is 0. The highest BCUT2D eigenvalue weighted by molar-refractivity contribution is 5.88. The van der Waals surface area contributed by atoms with Crippen LogP contribution >= 0.6 is 0 Å². The van der Waals surface area contributed by atoms with Gasteiger partial charge < -0.3 is 14.8 Å². The van der Waals surface area contributed by atoms with Gasteiger partial charge in [-0.1, -0.05) is 29.3 Å². The monoisotopic (exact) mass is 397 g/mol. The molecule has 2 aromatic rings. The predicted octanol–water partition coefficient (Wildman–Crippen LogP) is 3.03. The Morgan fingerprint density at radius 1 is 1.41 bits per heavy atom. The lowest BCUT2D eigenvalue weighted by Gasteiger charge is -2.25. The Labute approximate surface area is 169 Å². The first-order valence-corrected chi connectivity index (χ1v) is 9.24. The van der Waals surface area contributed by atoms with Gasteiger partial charge in [0.25, 0.3) is 5.88 Å². The quantitative estimate of drug-likeness (QED) is 0.474. The van der Waals surface area contributed by atoms with E-state index < -0.39 is 11.7 Å². The Morgan fingerprint density at radius 3 is 2.79 bits per heavy atom. The molecule has 0 saturated heterocycles. The van der Waals surface area contributed by atoms with Crippen molar-refractivity contribution in [3.63, 3.8) is 0 Å². The van der Waals surface area contributed by atoms with E-state index in [1.165, 1.54) is 4.90 Å². The van der Waals surface area contributed by atoms with Crippen molar-refractivity contribution in [2.24, 2.45) is 0 Å². The van der Waals surface area contributed by atoms with Crippen LogP contribution in [-0.2, 0) is 11.3 Å². The van der Waals surface area contributed by atoms with Gasteiger partial charge in [0.15, 0.2) is 11.8 Å². The molecule has 8 heteroatoms. The number of anilines is 2. The molecule has 0 saturated carbocycles. The van der Waals surface area contributed by atoms with Gasteiger partial charge in [-0.3, -0.25) is 4.79 Å². The maximum atomic E-state index is 12.7. The number of para-hydroxylation sites is 1. The molecule has 0 unspecified atom stereocenters. The first-order valence-electron chi connectivity index (χ1n) is 9.24. The van der Waals surface area contributed by atoms with E-state index >= 15 is 0 Å². The Morgan fingerprint density at radius 2 is 2.14 bits per heavy atom. The van der Waals surface area contributed by atoms with Crippen LogP contribution in [0.5, 0.6) is 5.88 Å². The van der Waals surface area contributed by atoms with Gasteiger partial charge in [-0.25, -0.2) is 4.79 Å². The molecule has 0 bridgehead atoms. The summed E-state index contributed by atoms with van der Waals surface area (Å²) in [6.07, 6.45) is 1.77. The third-order valence-corrected chi connectivity index (χ3v) is 4.20. The molecular weight excluding hydrogens is 372 g/mol. The van der Waals surface area contributed by atoms with Gasteiger partial charge in [-0.05, 0) is 26.8 Å². The SMILES string of the molecule is C=CCNc1nc(N(C)C(=O)OC(C)(C)C)[n+]2c(c1C=O)OCc1ccccc1-2. The first kappa shape index (κ1) is 20.3. The van der Waals surface area contributed by atoms with Crippen LogP contribution < -0.4 is 19.5 Å². The molecular formula is C21H25N4O4+. The molecule has 152 valence electrons. The van der Waals surface area contributed by atoms with Crippen molar-refractivity contribution in [3.05, 3.63) is 48.0 Å². The lowest BCUT2D eigenvalue weighted by atomic mass is 10.1. The fourth-order valence-corrected chi connectivity index (χ4v) is 2.93. The van der Waals surface area contributed by atoms with Crippen LogP contribution in [0, 0.1) is 0 Å². The van der Waals surface area contributed by atoms with Crippen LogP contribution in [0.15, 0.2) is 36.9 Å². The van der Waals surface area contributed by atoms with Crippen LogP contribution in [0.4, 0.5) is 16.6 Å². The molecule has 0 radical (unpaired) electrons. The fraction of sp³-hybridized carbons (Fsp3) is 0.333. The number of ether oxygens (including phenoxy) is 2. The molecule has 8 nitrogen and oxygen atoms in total. The Bertz CT molecular complexity index is 966. The molecule has 1 amide bonds. The minimum Gasteiger partial charge on any atom is -0.462 e. The van der Waals surface area contributed by atoms with E-state index in [-0.39, 0.29) is 11.5 Å². The molecule has 2 heterocycles. The maximum Gasteiger partial charge on any atom is 0.479 e. The molecule has 0 atom stereocenters. The second kappa shape index (κ2) is 7.90. The number of rotatable bonds is 5. The van der Waals surface area contributed by atoms with Crippen molar-refractivity contribution >= 4 is 24.1 Å². The van der Waals surface area contributed by atoms with Crippen molar-refractivity contribution in [1.82, 2.24) is 4.98 Å². The topological polar surface area (TPSA) is 84.6 Å². The van der Waals surface area contributed by atoms with Crippen LogP contribution in [0.2, 0.25) is 0 Å². The number of carbonyl (C=O) groups excluding carboxylic acids is 2. The van der Waals surface area contributed by atoms with Gasteiger partial charge in [-0.15, -0.1) is 6.58 Å². The van der Waals surface area contributed by atoms with Crippen molar-refractivity contribution in [3.8, 4) is 11.6 Å². The standard InChI is InChI=1S/C21H24N4O4/c1-6-11-22-17-15(12-26)18-25(16-10-8-7-9-14(16)13-28-18)19(23-17)24(5)20(27)29-21(2,3)4/h6-10,12H,1,11,13H2,2-5H3/p+1. The number of nitrogens with one attached hydrogen (secondary N) is 1. The summed E-state index contributed by atoms with van der Waals surface area (Å²) in [4.78, 5) is 30.5. The summed E-state index contributed by atoms with van der Waals surface area (Å²) in [6.45, 7) is 9.74. The minimum absolute atomic E-state index is 0.263. The predicted molar refractivity (Wildman–Crippen MR) is 109 cm³/mol. The minimum atomic E-state index is -0.670. The molecule has 1 aromatic heterocycles. The van der Waals surface area contributed by atoms with Crippen molar-refractivity contribution in [2.45, 2.75) is 33.0 Å². The Hall–Kier alpha value is -3.42. The lowest BCUT2D eigenvalue weighted by molar-refractivity contribution is -0.598. The second-order valence-corrected chi connectivity index (χ2v) is 7.56. The molecule has 1 aliphatic rings. The Kier molecular flexibility index (Phi) is 5.54. The highest BCUT2D eigenvalue weighted by Crippen LogP contribution is 2.30. The van der Waals surface area contributed by atoms with Crippen LogP contribution in [0.1, 0.15) is 36.7 Å². The van der Waals surface area contributed by atoms with Crippen LogP contribution in [0.3, 0.4) is 0 Å². The number of aromatic nitrogens is 2. The largest absolute Gasteiger partial charge is 0.479 e.